The number of amides is 1. The van der Waals surface area contributed by atoms with Crippen LogP contribution in [0.5, 0.6) is 0 Å². The molecule has 0 bridgehead atoms. The average molecular weight is 318 g/mol. The van der Waals surface area contributed by atoms with E-state index in [1.54, 1.807) is 0 Å². The molecule has 1 aliphatic rings. The van der Waals surface area contributed by atoms with Gasteiger partial charge in [-0.15, -0.1) is 11.3 Å². The highest BCUT2D eigenvalue weighted by Crippen LogP contribution is 2.26. The first kappa shape index (κ1) is 14.9. The molecule has 0 aliphatic carbocycles. The molecule has 1 aromatic heterocycles. The molecular formula is C11H14N2O5S2. The van der Waals surface area contributed by atoms with E-state index in [1.165, 1.54) is 18.6 Å². The second-order valence-corrected chi connectivity index (χ2v) is 6.97. The fraction of sp³-hybridized carbons (Fsp3) is 0.455. The van der Waals surface area contributed by atoms with Crippen LogP contribution in [0.25, 0.3) is 0 Å². The van der Waals surface area contributed by atoms with Gasteiger partial charge in [-0.2, -0.15) is 4.31 Å². The van der Waals surface area contributed by atoms with Crippen LogP contribution in [0.4, 0.5) is 0 Å². The van der Waals surface area contributed by atoms with Crippen molar-refractivity contribution in [3.63, 3.8) is 0 Å². The lowest BCUT2D eigenvalue weighted by atomic mass is 10.4. The highest BCUT2D eigenvalue weighted by atomic mass is 32.2. The number of carbonyl (C=O) groups excluding carboxylic acids is 2. The molecule has 1 saturated heterocycles. The van der Waals surface area contributed by atoms with E-state index in [1.807, 2.05) is 0 Å². The van der Waals surface area contributed by atoms with Crippen LogP contribution in [0.2, 0.25) is 0 Å². The van der Waals surface area contributed by atoms with E-state index in [4.69, 9.17) is 0 Å². The van der Waals surface area contributed by atoms with Gasteiger partial charge in [0.1, 0.15) is 9.77 Å². The van der Waals surface area contributed by atoms with Gasteiger partial charge in [0.25, 0.3) is 0 Å². The number of hydrogen-bond acceptors (Lipinski definition) is 6. The first-order valence-electron chi connectivity index (χ1n) is 5.89. The normalized spacial score (nSPS) is 17.4. The maximum absolute atomic E-state index is 12.5. The van der Waals surface area contributed by atoms with Gasteiger partial charge >= 0.3 is 5.97 Å². The number of nitrogens with one attached hydrogen (secondary N) is 1. The maximum atomic E-state index is 12.5. The molecule has 20 heavy (non-hydrogen) atoms. The molecule has 1 aromatic rings. The summed E-state index contributed by atoms with van der Waals surface area (Å²) in [5, 5.41) is 4.12. The van der Waals surface area contributed by atoms with Crippen LogP contribution in [0.15, 0.2) is 16.3 Å². The van der Waals surface area contributed by atoms with Crippen LogP contribution in [-0.2, 0) is 19.6 Å². The molecule has 1 fully saturated rings. The van der Waals surface area contributed by atoms with Gasteiger partial charge in [-0.05, 0) is 17.9 Å². The van der Waals surface area contributed by atoms with E-state index in [0.29, 0.717) is 13.0 Å². The van der Waals surface area contributed by atoms with Gasteiger partial charge in [-0.25, -0.2) is 13.2 Å². The summed E-state index contributed by atoms with van der Waals surface area (Å²) in [5.41, 5.74) is 0. The molecule has 7 nitrogen and oxygen atoms in total. The van der Waals surface area contributed by atoms with Crippen LogP contribution in [-0.4, -0.2) is 51.3 Å². The highest BCUT2D eigenvalue weighted by Gasteiger charge is 2.32. The Labute approximate surface area is 120 Å². The number of esters is 1. The number of rotatable bonds is 3. The summed E-state index contributed by atoms with van der Waals surface area (Å²) in [5.74, 6) is -1.04. The van der Waals surface area contributed by atoms with E-state index in [-0.39, 0.29) is 28.8 Å². The Kier molecular flexibility index (Phi) is 4.41. The van der Waals surface area contributed by atoms with Crippen molar-refractivity contribution in [2.24, 2.45) is 0 Å². The third-order valence-electron chi connectivity index (χ3n) is 2.84. The van der Waals surface area contributed by atoms with Crippen LogP contribution in [0.1, 0.15) is 16.1 Å². The third-order valence-corrected chi connectivity index (χ3v) is 5.76. The smallest absolute Gasteiger partial charge is 0.349 e. The minimum Gasteiger partial charge on any atom is -0.465 e. The number of nitrogens with zero attached hydrogens (tertiary/aromatic N) is 1. The summed E-state index contributed by atoms with van der Waals surface area (Å²) in [6.45, 7) is 0.439. The predicted molar refractivity (Wildman–Crippen MR) is 72.0 cm³/mol. The summed E-state index contributed by atoms with van der Waals surface area (Å²) < 4.78 is 30.7. The van der Waals surface area contributed by atoms with E-state index < -0.39 is 16.0 Å². The van der Waals surface area contributed by atoms with Crippen molar-refractivity contribution in [3.8, 4) is 0 Å². The number of carbonyl (C=O) groups is 2. The zero-order valence-corrected chi connectivity index (χ0v) is 12.4. The van der Waals surface area contributed by atoms with Gasteiger partial charge < -0.3 is 10.1 Å². The summed E-state index contributed by atoms with van der Waals surface area (Å²) >= 11 is 0.998. The Hall–Kier alpha value is -1.45. The second-order valence-electron chi connectivity index (χ2n) is 4.15. The van der Waals surface area contributed by atoms with Crippen molar-refractivity contribution in [2.45, 2.75) is 11.3 Å². The van der Waals surface area contributed by atoms with Crippen molar-refractivity contribution >= 4 is 33.2 Å². The number of hydrogen-bond donors (Lipinski definition) is 1. The molecule has 1 N–H and O–H groups in total. The van der Waals surface area contributed by atoms with Crippen LogP contribution >= 0.6 is 11.3 Å². The topological polar surface area (TPSA) is 92.8 Å². The molecule has 1 aliphatic heterocycles. The van der Waals surface area contributed by atoms with Gasteiger partial charge in [-0.1, -0.05) is 0 Å². The van der Waals surface area contributed by atoms with E-state index in [9.17, 15) is 18.0 Å². The number of methoxy groups -OCH3 is 1. The van der Waals surface area contributed by atoms with E-state index >= 15 is 0 Å². The van der Waals surface area contributed by atoms with Crippen molar-refractivity contribution in [3.05, 3.63) is 16.3 Å². The summed E-state index contributed by atoms with van der Waals surface area (Å²) in [7, 11) is -2.69. The van der Waals surface area contributed by atoms with Gasteiger partial charge in [-0.3, -0.25) is 4.79 Å². The summed E-state index contributed by atoms with van der Waals surface area (Å²) in [4.78, 5) is 23.0. The molecule has 1 amide bonds. The third kappa shape index (κ3) is 2.84. The molecule has 0 aromatic carbocycles. The van der Waals surface area contributed by atoms with Crippen LogP contribution < -0.4 is 5.32 Å². The SMILES string of the molecule is COC(=O)c1sccc1S(=O)(=O)N1CCCNC(=O)C1. The van der Waals surface area contributed by atoms with Crippen molar-refractivity contribution in [1.29, 1.82) is 0 Å². The Morgan fingerprint density at radius 2 is 2.25 bits per heavy atom. The molecule has 110 valence electrons. The number of ether oxygens (including phenoxy) is 1. The van der Waals surface area contributed by atoms with Crippen LogP contribution in [0.3, 0.4) is 0 Å². The van der Waals surface area contributed by atoms with Gasteiger partial charge in [0.05, 0.1) is 13.7 Å². The zero-order valence-electron chi connectivity index (χ0n) is 10.8. The second kappa shape index (κ2) is 5.90. The largest absolute Gasteiger partial charge is 0.465 e. The first-order valence-corrected chi connectivity index (χ1v) is 8.21. The van der Waals surface area contributed by atoms with Crippen molar-refractivity contribution in [1.82, 2.24) is 9.62 Å². The molecule has 2 rings (SSSR count). The lowest BCUT2D eigenvalue weighted by Crippen LogP contribution is -2.37. The maximum Gasteiger partial charge on any atom is 0.349 e. The Morgan fingerprint density at radius 1 is 1.50 bits per heavy atom. The minimum absolute atomic E-state index is 0.0251. The van der Waals surface area contributed by atoms with E-state index in [2.05, 4.69) is 10.1 Å². The fourth-order valence-electron chi connectivity index (χ4n) is 1.86. The molecular weight excluding hydrogens is 304 g/mol. The van der Waals surface area contributed by atoms with Crippen molar-refractivity contribution in [2.75, 3.05) is 26.7 Å². The molecule has 0 saturated carbocycles. The molecule has 0 spiro atoms. The Morgan fingerprint density at radius 3 is 2.95 bits per heavy atom. The molecule has 0 radical (unpaired) electrons. The lowest BCUT2D eigenvalue weighted by Gasteiger charge is -2.18. The predicted octanol–water partition coefficient (Wildman–Crippen LogP) is 0.0453. The zero-order chi connectivity index (χ0) is 14.8. The van der Waals surface area contributed by atoms with Crippen molar-refractivity contribution < 1.29 is 22.7 Å². The number of sulfonamides is 1. The molecule has 2 heterocycles. The molecule has 9 heteroatoms. The first-order chi connectivity index (χ1) is 9.46. The van der Waals surface area contributed by atoms with E-state index in [0.717, 1.165) is 15.6 Å². The monoisotopic (exact) mass is 318 g/mol. The highest BCUT2D eigenvalue weighted by molar-refractivity contribution is 7.89. The average Bonchev–Trinajstić information content (AvgIpc) is 2.81. The standard InChI is InChI=1S/C11H14N2O5S2/c1-18-11(15)10-8(3-6-19-10)20(16,17)13-5-2-4-12-9(14)7-13/h3,6H,2,4-5,7H2,1H3,(H,12,14). The summed E-state index contributed by atoms with van der Waals surface area (Å²) in [6, 6.07) is 1.36. The Balaban J connectivity index is 2.37. The fourth-order valence-corrected chi connectivity index (χ4v) is 4.61. The van der Waals surface area contributed by atoms with Gasteiger partial charge in [0.2, 0.25) is 15.9 Å². The van der Waals surface area contributed by atoms with Gasteiger partial charge in [0.15, 0.2) is 0 Å². The molecule has 0 atom stereocenters. The lowest BCUT2D eigenvalue weighted by molar-refractivity contribution is -0.120. The quantitative estimate of drug-likeness (QED) is 0.795. The number of thiophene rings is 1. The van der Waals surface area contributed by atoms with Crippen LogP contribution in [0, 0.1) is 0 Å². The minimum atomic E-state index is -3.88. The summed E-state index contributed by atoms with van der Waals surface area (Å²) in [6.07, 6.45) is 0.530. The Bertz CT molecular complexity index is 623. The van der Waals surface area contributed by atoms with Gasteiger partial charge in [0, 0.05) is 13.1 Å². The molecule has 0 unspecified atom stereocenters.